The van der Waals surface area contributed by atoms with Crippen molar-refractivity contribution in [2.75, 3.05) is 65.4 Å². The monoisotopic (exact) mass is 356 g/mol. The Morgan fingerprint density at radius 3 is 1.76 bits per heavy atom. The summed E-state index contributed by atoms with van der Waals surface area (Å²) in [4.78, 5) is 40.9. The number of Topliss-reactive ketones (excluding diaryl/α,β-unsaturated/α-hetero) is 1. The molecule has 0 spiro atoms. The van der Waals surface area contributed by atoms with E-state index < -0.39 is 5.97 Å². The van der Waals surface area contributed by atoms with E-state index in [2.05, 4.69) is 10.2 Å². The number of carboxylic acid groups (broad SMARTS) is 1. The van der Waals surface area contributed by atoms with E-state index in [4.69, 9.17) is 5.11 Å². The van der Waals surface area contributed by atoms with Crippen LogP contribution in [-0.4, -0.2) is 103 Å². The van der Waals surface area contributed by atoms with Crippen LogP contribution in [0.4, 0.5) is 0 Å². The highest BCUT2D eigenvalue weighted by Crippen LogP contribution is 2.02. The van der Waals surface area contributed by atoms with Crippen molar-refractivity contribution >= 4 is 17.7 Å². The molecule has 1 fully saturated rings. The lowest BCUT2D eigenvalue weighted by Crippen LogP contribution is -2.43. The molecule has 144 valence electrons. The largest absolute Gasteiger partial charge is 0.480 e. The third-order valence-corrected chi connectivity index (χ3v) is 4.23. The lowest BCUT2D eigenvalue weighted by atomic mass is 10.2. The van der Waals surface area contributed by atoms with Crippen molar-refractivity contribution in [3.63, 3.8) is 0 Å². The summed E-state index contributed by atoms with van der Waals surface area (Å²) in [5.74, 6) is -0.676. The van der Waals surface area contributed by atoms with Crippen molar-refractivity contribution in [2.45, 2.75) is 26.7 Å². The normalized spacial score (nSPS) is 18.2. The molecule has 0 aliphatic carbocycles. The summed E-state index contributed by atoms with van der Waals surface area (Å²) >= 11 is 0. The molecule has 0 aromatic carbocycles. The lowest BCUT2D eigenvalue weighted by molar-refractivity contribution is -0.138. The first-order chi connectivity index (χ1) is 11.9. The smallest absolute Gasteiger partial charge is 0.317 e. The first-order valence-electron chi connectivity index (χ1n) is 9.11. The summed E-state index contributed by atoms with van der Waals surface area (Å²) in [6.45, 7) is 9.04. The van der Waals surface area contributed by atoms with Gasteiger partial charge in [-0.2, -0.15) is 0 Å². The second kappa shape index (κ2) is 11.9. The molecule has 0 unspecified atom stereocenters. The van der Waals surface area contributed by atoms with Crippen LogP contribution >= 0.6 is 0 Å². The Labute approximate surface area is 150 Å². The molecular weight excluding hydrogens is 324 g/mol. The summed E-state index contributed by atoms with van der Waals surface area (Å²) in [7, 11) is 0. The zero-order chi connectivity index (χ0) is 18.7. The molecule has 0 aromatic heterocycles. The highest BCUT2D eigenvalue weighted by atomic mass is 16.4. The van der Waals surface area contributed by atoms with Gasteiger partial charge in [0, 0.05) is 52.2 Å². The number of likely N-dealkylation sites (N-methyl/N-ethyl adjacent to an activating group) is 1. The van der Waals surface area contributed by atoms with E-state index in [0.717, 1.165) is 6.42 Å². The minimum atomic E-state index is -0.858. The molecule has 1 heterocycles. The first-order valence-corrected chi connectivity index (χ1v) is 9.11. The number of rotatable bonds is 9. The molecule has 1 amide bonds. The zero-order valence-corrected chi connectivity index (χ0v) is 15.5. The predicted molar refractivity (Wildman–Crippen MR) is 95.6 cm³/mol. The molecule has 0 radical (unpaired) electrons. The summed E-state index contributed by atoms with van der Waals surface area (Å²) in [5.41, 5.74) is 0. The fourth-order valence-corrected chi connectivity index (χ4v) is 2.91. The van der Waals surface area contributed by atoms with Crippen molar-refractivity contribution < 1.29 is 19.5 Å². The number of ketones is 1. The van der Waals surface area contributed by atoms with E-state index in [0.29, 0.717) is 65.3 Å². The highest BCUT2D eigenvalue weighted by molar-refractivity contribution is 5.80. The van der Waals surface area contributed by atoms with E-state index in [1.807, 2.05) is 23.6 Å². The first kappa shape index (κ1) is 21.5. The third-order valence-electron chi connectivity index (χ3n) is 4.23. The van der Waals surface area contributed by atoms with Crippen LogP contribution in [-0.2, 0) is 14.4 Å². The van der Waals surface area contributed by atoms with E-state index in [9.17, 15) is 14.4 Å². The van der Waals surface area contributed by atoms with E-state index in [1.54, 1.807) is 0 Å². The summed E-state index contributed by atoms with van der Waals surface area (Å²) < 4.78 is 0. The maximum Gasteiger partial charge on any atom is 0.317 e. The summed E-state index contributed by atoms with van der Waals surface area (Å²) in [5, 5.41) is 11.9. The minimum absolute atomic E-state index is 0.0221. The number of carboxylic acids is 1. The van der Waals surface area contributed by atoms with Crippen molar-refractivity contribution in [3.05, 3.63) is 0 Å². The molecular formula is C17H32N4O4. The third kappa shape index (κ3) is 9.52. The maximum absolute atomic E-state index is 12.0. The van der Waals surface area contributed by atoms with Gasteiger partial charge in [0.15, 0.2) is 0 Å². The van der Waals surface area contributed by atoms with Crippen LogP contribution in [0.1, 0.15) is 26.7 Å². The summed E-state index contributed by atoms with van der Waals surface area (Å²) in [6, 6.07) is 0. The van der Waals surface area contributed by atoms with Gasteiger partial charge in [0.05, 0.1) is 19.6 Å². The molecule has 1 saturated heterocycles. The van der Waals surface area contributed by atoms with Crippen LogP contribution in [0, 0.1) is 0 Å². The molecule has 1 aliphatic heterocycles. The van der Waals surface area contributed by atoms with Gasteiger partial charge in [-0.05, 0) is 13.3 Å². The number of nitrogens with zero attached hydrogens (tertiary/aromatic N) is 3. The number of hydrogen-bond donors (Lipinski definition) is 2. The topological polar surface area (TPSA) is 93.2 Å². The number of carbonyl (C=O) groups excluding carboxylic acids is 2. The number of amides is 1. The van der Waals surface area contributed by atoms with Crippen LogP contribution in [0.15, 0.2) is 0 Å². The van der Waals surface area contributed by atoms with Crippen molar-refractivity contribution in [2.24, 2.45) is 0 Å². The minimum Gasteiger partial charge on any atom is -0.480 e. The second-order valence-electron chi connectivity index (χ2n) is 6.46. The average Bonchev–Trinajstić information content (AvgIpc) is 2.61. The van der Waals surface area contributed by atoms with E-state index in [1.165, 1.54) is 0 Å². The van der Waals surface area contributed by atoms with Crippen LogP contribution in [0.5, 0.6) is 0 Å². The van der Waals surface area contributed by atoms with Gasteiger partial charge in [0.2, 0.25) is 5.91 Å². The molecule has 0 atom stereocenters. The second-order valence-corrected chi connectivity index (χ2v) is 6.46. The fraction of sp³-hybridized carbons (Fsp3) is 0.824. The molecule has 0 aromatic rings. The Bertz CT molecular complexity index is 412. The van der Waals surface area contributed by atoms with Crippen LogP contribution in [0.25, 0.3) is 0 Å². The van der Waals surface area contributed by atoms with Crippen LogP contribution in [0.3, 0.4) is 0 Å². The Hall–Kier alpha value is -1.51. The molecule has 25 heavy (non-hydrogen) atoms. The lowest BCUT2D eigenvalue weighted by Gasteiger charge is -2.24. The number of carbonyl (C=O) groups is 3. The van der Waals surface area contributed by atoms with Crippen LogP contribution < -0.4 is 5.32 Å². The molecule has 0 saturated carbocycles. The molecule has 8 nitrogen and oxygen atoms in total. The molecule has 1 rings (SSSR count). The van der Waals surface area contributed by atoms with Crippen molar-refractivity contribution in [1.29, 1.82) is 0 Å². The van der Waals surface area contributed by atoms with Gasteiger partial charge >= 0.3 is 5.97 Å². The van der Waals surface area contributed by atoms with Gasteiger partial charge in [0.1, 0.15) is 5.78 Å². The van der Waals surface area contributed by atoms with Crippen molar-refractivity contribution in [3.8, 4) is 0 Å². The van der Waals surface area contributed by atoms with E-state index >= 15 is 0 Å². The average molecular weight is 356 g/mol. The molecule has 0 bridgehead atoms. The van der Waals surface area contributed by atoms with Gasteiger partial charge in [-0.3, -0.25) is 29.1 Å². The molecule has 2 N–H and O–H groups in total. The van der Waals surface area contributed by atoms with Gasteiger partial charge < -0.3 is 10.4 Å². The van der Waals surface area contributed by atoms with E-state index in [-0.39, 0.29) is 18.2 Å². The van der Waals surface area contributed by atoms with Crippen molar-refractivity contribution in [1.82, 2.24) is 20.0 Å². The zero-order valence-electron chi connectivity index (χ0n) is 15.5. The SMILES string of the molecule is CCCC(=O)CN1CCN(CC(=O)O)CCN(CC(=O)NCC)CC1. The van der Waals surface area contributed by atoms with Crippen LogP contribution in [0.2, 0.25) is 0 Å². The van der Waals surface area contributed by atoms with Gasteiger partial charge in [-0.1, -0.05) is 6.92 Å². The number of nitrogens with one attached hydrogen (secondary N) is 1. The van der Waals surface area contributed by atoms with Gasteiger partial charge in [-0.15, -0.1) is 0 Å². The Balaban J connectivity index is 2.70. The fourth-order valence-electron chi connectivity index (χ4n) is 2.91. The Kier molecular flexibility index (Phi) is 10.3. The number of aliphatic carboxylic acids is 1. The molecule has 1 aliphatic rings. The van der Waals surface area contributed by atoms with Gasteiger partial charge in [-0.25, -0.2) is 0 Å². The highest BCUT2D eigenvalue weighted by Gasteiger charge is 2.20. The number of hydrogen-bond acceptors (Lipinski definition) is 6. The summed E-state index contributed by atoms with van der Waals surface area (Å²) in [6.07, 6.45) is 1.40. The Morgan fingerprint density at radius 2 is 1.32 bits per heavy atom. The molecule has 8 heteroatoms. The van der Waals surface area contributed by atoms with Gasteiger partial charge in [0.25, 0.3) is 0 Å². The maximum atomic E-state index is 12.0. The predicted octanol–water partition coefficient (Wildman–Crippen LogP) is -0.504. The quantitative estimate of drug-likeness (QED) is 0.575. The standard InChI is InChI=1S/C17H32N4O4/c1-3-5-15(22)12-19-6-8-20(13-16(23)18-4-2)9-11-21(10-7-19)14-17(24)25/h3-14H2,1-2H3,(H,18,23)(H,24,25). The Morgan fingerprint density at radius 1 is 0.840 bits per heavy atom.